The number of rotatable bonds is 6. The summed E-state index contributed by atoms with van der Waals surface area (Å²) in [4.78, 5) is 24.0. The van der Waals surface area contributed by atoms with Gasteiger partial charge in [-0.1, -0.05) is 26.0 Å². The largest absolute Gasteiger partial charge is 0.326 e. The molecule has 0 fully saturated rings. The molecule has 0 heterocycles. The molecule has 0 aliphatic rings. The lowest BCUT2D eigenvalue weighted by Crippen LogP contribution is -2.17. The van der Waals surface area contributed by atoms with E-state index in [0.717, 1.165) is 5.56 Å². The average Bonchev–Trinajstić information content (AvgIpc) is 2.56. The van der Waals surface area contributed by atoms with E-state index in [1.807, 2.05) is 19.9 Å². The third kappa shape index (κ3) is 5.83. The molecule has 1 atom stereocenters. The Hall–Kier alpha value is -2.47. The number of anilines is 2. The van der Waals surface area contributed by atoms with E-state index in [4.69, 9.17) is 0 Å². The summed E-state index contributed by atoms with van der Waals surface area (Å²) < 4.78 is 11.3. The van der Waals surface area contributed by atoms with Crippen LogP contribution in [0.15, 0.2) is 48.5 Å². The van der Waals surface area contributed by atoms with E-state index in [2.05, 4.69) is 10.6 Å². The van der Waals surface area contributed by atoms with Gasteiger partial charge in [-0.05, 0) is 42.0 Å². The van der Waals surface area contributed by atoms with Crippen molar-refractivity contribution in [3.05, 3.63) is 59.7 Å². The van der Waals surface area contributed by atoms with Crippen LogP contribution in [0.4, 0.5) is 11.4 Å². The number of nitrogens with one attached hydrogen (secondary N) is 2. The lowest BCUT2D eigenvalue weighted by molar-refractivity contribution is -0.118. The van der Waals surface area contributed by atoms with Crippen molar-refractivity contribution < 1.29 is 13.8 Å². The molecule has 0 radical (unpaired) electrons. The van der Waals surface area contributed by atoms with E-state index in [9.17, 15) is 13.8 Å². The van der Waals surface area contributed by atoms with Crippen LogP contribution in [0.5, 0.6) is 0 Å². The fourth-order valence-corrected chi connectivity index (χ4v) is 2.81. The molecule has 2 N–H and O–H groups in total. The van der Waals surface area contributed by atoms with Gasteiger partial charge in [-0.2, -0.15) is 0 Å². The summed E-state index contributed by atoms with van der Waals surface area (Å²) in [6.07, 6.45) is 1.63. The van der Waals surface area contributed by atoms with Crippen LogP contribution in [0.25, 0.3) is 0 Å². The molecule has 25 heavy (non-hydrogen) atoms. The van der Waals surface area contributed by atoms with Crippen molar-refractivity contribution in [2.24, 2.45) is 5.92 Å². The highest BCUT2D eigenvalue weighted by Crippen LogP contribution is 2.16. The Morgan fingerprint density at radius 1 is 1.00 bits per heavy atom. The fraction of sp³-hybridized carbons (Fsp3) is 0.263. The van der Waals surface area contributed by atoms with Gasteiger partial charge in [-0.3, -0.25) is 13.8 Å². The zero-order chi connectivity index (χ0) is 18.4. The zero-order valence-corrected chi connectivity index (χ0v) is 15.4. The van der Waals surface area contributed by atoms with E-state index in [1.165, 1.54) is 0 Å². The van der Waals surface area contributed by atoms with Crippen LogP contribution >= 0.6 is 0 Å². The number of hydrogen-bond acceptors (Lipinski definition) is 3. The first-order valence-electron chi connectivity index (χ1n) is 7.96. The first-order chi connectivity index (χ1) is 11.8. The monoisotopic (exact) mass is 358 g/mol. The van der Waals surface area contributed by atoms with Gasteiger partial charge in [0.15, 0.2) is 0 Å². The molecule has 2 rings (SSSR count). The van der Waals surface area contributed by atoms with Gasteiger partial charge in [0.05, 0.1) is 0 Å². The average molecular weight is 358 g/mol. The molecule has 1 unspecified atom stereocenters. The second-order valence-corrected chi connectivity index (χ2v) is 7.53. The highest BCUT2D eigenvalue weighted by molar-refractivity contribution is 7.83. The third-order valence-corrected chi connectivity index (χ3v) is 4.23. The molecule has 0 saturated heterocycles. The molecule has 0 spiro atoms. The molecule has 132 valence electrons. The molecule has 5 nitrogen and oxygen atoms in total. The number of amides is 2. The Balaban J connectivity index is 2.03. The molecule has 0 saturated carbocycles. The third-order valence-electron chi connectivity index (χ3n) is 3.49. The quantitative estimate of drug-likeness (QED) is 0.831. The molecular weight excluding hydrogens is 336 g/mol. The van der Waals surface area contributed by atoms with Crippen LogP contribution in [-0.4, -0.2) is 22.3 Å². The topological polar surface area (TPSA) is 75.3 Å². The number of carbonyl (C=O) groups excluding carboxylic acids is 2. The predicted octanol–water partition coefficient (Wildman–Crippen LogP) is 3.41. The summed E-state index contributed by atoms with van der Waals surface area (Å²) in [6, 6.07) is 14.0. The van der Waals surface area contributed by atoms with Crippen LogP contribution in [-0.2, 0) is 21.3 Å². The van der Waals surface area contributed by atoms with Crippen molar-refractivity contribution in [3.63, 3.8) is 0 Å². The number of benzene rings is 2. The summed E-state index contributed by atoms with van der Waals surface area (Å²) >= 11 is 0. The van der Waals surface area contributed by atoms with Crippen LogP contribution in [0, 0.1) is 5.92 Å². The van der Waals surface area contributed by atoms with Crippen molar-refractivity contribution >= 4 is 34.0 Å². The van der Waals surface area contributed by atoms with Crippen LogP contribution in [0.3, 0.4) is 0 Å². The van der Waals surface area contributed by atoms with E-state index in [0.29, 0.717) is 22.7 Å². The molecule has 2 aromatic carbocycles. The molecule has 2 aromatic rings. The lowest BCUT2D eigenvalue weighted by Gasteiger charge is -2.10. The zero-order valence-electron chi connectivity index (χ0n) is 14.5. The number of hydrogen-bond donors (Lipinski definition) is 2. The molecule has 0 aromatic heterocycles. The van der Waals surface area contributed by atoms with Gasteiger partial charge < -0.3 is 10.6 Å². The Bertz CT molecular complexity index is 786. The van der Waals surface area contributed by atoms with Crippen molar-refractivity contribution in [2.45, 2.75) is 19.6 Å². The summed E-state index contributed by atoms with van der Waals surface area (Å²) in [6.45, 7) is 3.65. The first kappa shape index (κ1) is 18.9. The van der Waals surface area contributed by atoms with Crippen LogP contribution < -0.4 is 10.6 Å². The van der Waals surface area contributed by atoms with Gasteiger partial charge >= 0.3 is 0 Å². The van der Waals surface area contributed by atoms with Gasteiger partial charge in [-0.15, -0.1) is 0 Å². The molecular formula is C19H22N2O3S. The predicted molar refractivity (Wildman–Crippen MR) is 102 cm³/mol. The Morgan fingerprint density at radius 2 is 1.60 bits per heavy atom. The SMILES string of the molecule is CC(C)C(=O)Nc1ccc(NC(=O)c2cccc(CS(C)=O)c2)cc1. The Morgan fingerprint density at radius 3 is 2.16 bits per heavy atom. The van der Waals surface area contributed by atoms with Crippen molar-refractivity contribution in [2.75, 3.05) is 16.9 Å². The molecule has 0 aliphatic heterocycles. The van der Waals surface area contributed by atoms with E-state index in [1.54, 1.807) is 48.7 Å². The lowest BCUT2D eigenvalue weighted by atomic mass is 10.1. The standard InChI is InChI=1S/C19H22N2O3S/c1-13(2)18(22)20-16-7-9-17(10-8-16)21-19(23)15-6-4-5-14(11-15)12-25(3)24/h4-11,13H,12H2,1-3H3,(H,20,22)(H,21,23). The molecule has 2 amide bonds. The maximum absolute atomic E-state index is 12.3. The summed E-state index contributed by atoms with van der Waals surface area (Å²) in [5.41, 5.74) is 2.70. The Kier molecular flexibility index (Phi) is 6.47. The van der Waals surface area contributed by atoms with Crippen LogP contribution in [0.2, 0.25) is 0 Å². The minimum atomic E-state index is -0.953. The van der Waals surface area contributed by atoms with E-state index in [-0.39, 0.29) is 17.7 Å². The summed E-state index contributed by atoms with van der Waals surface area (Å²) in [7, 11) is -0.953. The van der Waals surface area contributed by atoms with Gasteiger partial charge in [0, 0.05) is 45.7 Å². The second-order valence-electron chi connectivity index (χ2n) is 6.09. The van der Waals surface area contributed by atoms with Crippen molar-refractivity contribution in [1.82, 2.24) is 0 Å². The first-order valence-corrected chi connectivity index (χ1v) is 9.69. The van der Waals surface area contributed by atoms with Crippen molar-refractivity contribution in [1.29, 1.82) is 0 Å². The van der Waals surface area contributed by atoms with E-state index < -0.39 is 10.8 Å². The minimum absolute atomic E-state index is 0.0538. The van der Waals surface area contributed by atoms with Gasteiger partial charge in [0.1, 0.15) is 0 Å². The highest BCUT2D eigenvalue weighted by atomic mass is 32.2. The maximum atomic E-state index is 12.3. The van der Waals surface area contributed by atoms with Gasteiger partial charge in [-0.25, -0.2) is 0 Å². The van der Waals surface area contributed by atoms with Gasteiger partial charge in [0.25, 0.3) is 5.91 Å². The van der Waals surface area contributed by atoms with E-state index >= 15 is 0 Å². The van der Waals surface area contributed by atoms with Gasteiger partial charge in [0.2, 0.25) is 5.91 Å². The Labute approximate surface area is 150 Å². The smallest absolute Gasteiger partial charge is 0.255 e. The molecule has 0 bridgehead atoms. The normalized spacial score (nSPS) is 11.8. The summed E-state index contributed by atoms with van der Waals surface area (Å²) in [5, 5.41) is 5.61. The highest BCUT2D eigenvalue weighted by Gasteiger charge is 2.09. The summed E-state index contributed by atoms with van der Waals surface area (Å²) in [5.74, 6) is 0.0412. The second kappa shape index (κ2) is 8.58. The molecule has 0 aliphatic carbocycles. The molecule has 6 heteroatoms. The van der Waals surface area contributed by atoms with Crippen LogP contribution in [0.1, 0.15) is 29.8 Å². The maximum Gasteiger partial charge on any atom is 0.255 e. The number of carbonyl (C=O) groups is 2. The minimum Gasteiger partial charge on any atom is -0.326 e. The van der Waals surface area contributed by atoms with Crippen molar-refractivity contribution in [3.8, 4) is 0 Å². The fourth-order valence-electron chi connectivity index (χ4n) is 2.16.